The number of sulfone groups is 1. The van der Waals surface area contributed by atoms with Gasteiger partial charge in [0.2, 0.25) is 5.91 Å². The Morgan fingerprint density at radius 3 is 2.35 bits per heavy atom. The Hall–Kier alpha value is -1.31. The molecule has 1 atom stereocenters. The average molecular weight is 365 g/mol. The van der Waals surface area contributed by atoms with E-state index in [1.165, 1.54) is 19.2 Å². The first-order valence-corrected chi connectivity index (χ1v) is 8.85. The first-order valence-electron chi connectivity index (χ1n) is 7.20. The minimum absolute atomic E-state index is 0. The Morgan fingerprint density at radius 1 is 1.22 bits per heavy atom. The number of amides is 1. The maximum Gasteiger partial charge on any atom is 0.223 e. The summed E-state index contributed by atoms with van der Waals surface area (Å²) < 4.78 is 29.6. The van der Waals surface area contributed by atoms with Crippen molar-refractivity contribution in [3.63, 3.8) is 0 Å². The highest BCUT2D eigenvalue weighted by atomic mass is 35.5. The van der Waals surface area contributed by atoms with E-state index in [1.807, 2.05) is 7.05 Å². The van der Waals surface area contributed by atoms with Crippen LogP contribution in [0.2, 0.25) is 0 Å². The molecule has 0 aliphatic rings. The van der Waals surface area contributed by atoms with Crippen LogP contribution >= 0.6 is 12.4 Å². The summed E-state index contributed by atoms with van der Waals surface area (Å²) in [4.78, 5) is 12.1. The van der Waals surface area contributed by atoms with E-state index in [4.69, 9.17) is 4.74 Å². The van der Waals surface area contributed by atoms with Crippen LogP contribution < -0.4 is 15.4 Å². The van der Waals surface area contributed by atoms with Crippen molar-refractivity contribution < 1.29 is 17.9 Å². The molecule has 1 rings (SSSR count). The van der Waals surface area contributed by atoms with Crippen molar-refractivity contribution in [2.24, 2.45) is 5.92 Å². The number of carbonyl (C=O) groups is 1. The van der Waals surface area contributed by atoms with E-state index < -0.39 is 15.8 Å². The van der Waals surface area contributed by atoms with Crippen LogP contribution in [0.25, 0.3) is 0 Å². The fraction of sp³-hybridized carbons (Fsp3) is 0.533. The van der Waals surface area contributed by atoms with E-state index in [-0.39, 0.29) is 29.0 Å². The van der Waals surface area contributed by atoms with Crippen LogP contribution in [-0.4, -0.2) is 47.3 Å². The maximum atomic E-state index is 12.3. The zero-order valence-electron chi connectivity index (χ0n) is 13.7. The van der Waals surface area contributed by atoms with Gasteiger partial charge < -0.3 is 15.4 Å². The highest BCUT2D eigenvalue weighted by molar-refractivity contribution is 7.91. The molecular weight excluding hydrogens is 340 g/mol. The number of hydrogen-bond donors (Lipinski definition) is 2. The van der Waals surface area contributed by atoms with E-state index in [2.05, 4.69) is 10.6 Å². The number of halogens is 1. The van der Waals surface area contributed by atoms with Crippen molar-refractivity contribution in [2.75, 3.05) is 33.0 Å². The molecule has 2 N–H and O–H groups in total. The zero-order valence-corrected chi connectivity index (χ0v) is 15.3. The average Bonchev–Trinajstić information content (AvgIpc) is 2.51. The molecule has 0 aromatic heterocycles. The number of benzene rings is 1. The van der Waals surface area contributed by atoms with Crippen LogP contribution in [0.4, 0.5) is 0 Å². The van der Waals surface area contributed by atoms with Crippen LogP contribution in [0.3, 0.4) is 0 Å². The van der Waals surface area contributed by atoms with Gasteiger partial charge >= 0.3 is 0 Å². The largest absolute Gasteiger partial charge is 0.497 e. The Bertz CT molecular complexity index is 576. The highest BCUT2D eigenvalue weighted by Crippen LogP contribution is 2.18. The molecule has 0 radical (unpaired) electrons. The van der Waals surface area contributed by atoms with Gasteiger partial charge in [-0.2, -0.15) is 0 Å². The molecule has 0 fully saturated rings. The quantitative estimate of drug-likeness (QED) is 0.644. The van der Waals surface area contributed by atoms with Crippen molar-refractivity contribution >= 4 is 28.2 Å². The van der Waals surface area contributed by atoms with E-state index >= 15 is 0 Å². The number of nitrogens with one attached hydrogen (secondary N) is 2. The number of methoxy groups -OCH3 is 1. The number of carbonyl (C=O) groups excluding carboxylic acids is 1. The maximum absolute atomic E-state index is 12.3. The molecule has 1 amide bonds. The lowest BCUT2D eigenvalue weighted by Gasteiger charge is -2.13. The van der Waals surface area contributed by atoms with Gasteiger partial charge in [0.25, 0.3) is 0 Å². The van der Waals surface area contributed by atoms with E-state index in [0.717, 1.165) is 13.0 Å². The van der Waals surface area contributed by atoms with Crippen molar-refractivity contribution in [2.45, 2.75) is 18.2 Å². The number of ether oxygens (including phenoxy) is 1. The SMILES string of the molecule is CNCCCNC(=O)C(C)CS(=O)(=O)c1ccc(OC)cc1.Cl. The molecule has 23 heavy (non-hydrogen) atoms. The van der Waals surface area contributed by atoms with Gasteiger partial charge in [0.1, 0.15) is 5.75 Å². The predicted octanol–water partition coefficient (Wildman–Crippen LogP) is 1.25. The third-order valence-electron chi connectivity index (χ3n) is 3.24. The van der Waals surface area contributed by atoms with E-state index in [1.54, 1.807) is 19.1 Å². The normalized spacial score (nSPS) is 12.1. The molecule has 1 unspecified atom stereocenters. The molecule has 0 spiro atoms. The minimum atomic E-state index is -3.49. The lowest BCUT2D eigenvalue weighted by molar-refractivity contribution is -0.123. The third-order valence-corrected chi connectivity index (χ3v) is 5.17. The van der Waals surface area contributed by atoms with Crippen LogP contribution in [0, 0.1) is 5.92 Å². The Morgan fingerprint density at radius 2 is 1.83 bits per heavy atom. The summed E-state index contributed by atoms with van der Waals surface area (Å²) in [5.74, 6) is -0.457. The summed E-state index contributed by atoms with van der Waals surface area (Å²) in [5, 5.41) is 5.73. The molecule has 8 heteroatoms. The van der Waals surface area contributed by atoms with Crippen molar-refractivity contribution in [1.82, 2.24) is 10.6 Å². The second-order valence-corrected chi connectivity index (χ2v) is 7.14. The second-order valence-electron chi connectivity index (χ2n) is 5.11. The second kappa shape index (κ2) is 10.5. The molecule has 132 valence electrons. The molecule has 0 bridgehead atoms. The van der Waals surface area contributed by atoms with Gasteiger partial charge in [0.05, 0.1) is 17.8 Å². The summed E-state index contributed by atoms with van der Waals surface area (Å²) in [5.41, 5.74) is 0. The van der Waals surface area contributed by atoms with Crippen molar-refractivity contribution in [3.05, 3.63) is 24.3 Å². The summed E-state index contributed by atoms with van der Waals surface area (Å²) >= 11 is 0. The van der Waals surface area contributed by atoms with Gasteiger partial charge in [0.15, 0.2) is 9.84 Å². The standard InChI is InChI=1S/C15H24N2O4S.ClH/c1-12(15(18)17-10-4-9-16-2)11-22(19,20)14-7-5-13(21-3)6-8-14;/h5-8,12,16H,4,9-11H2,1-3H3,(H,17,18);1H. The van der Waals surface area contributed by atoms with Gasteiger partial charge in [-0.3, -0.25) is 4.79 Å². The van der Waals surface area contributed by atoms with Crippen LogP contribution in [0.5, 0.6) is 5.75 Å². The zero-order chi connectivity index (χ0) is 16.6. The summed E-state index contributed by atoms with van der Waals surface area (Å²) in [6.45, 7) is 2.96. The van der Waals surface area contributed by atoms with E-state index in [0.29, 0.717) is 12.3 Å². The number of rotatable bonds is 9. The van der Waals surface area contributed by atoms with Crippen LogP contribution in [0.15, 0.2) is 29.2 Å². The van der Waals surface area contributed by atoms with Gasteiger partial charge in [-0.15, -0.1) is 12.4 Å². The fourth-order valence-electron chi connectivity index (χ4n) is 1.94. The molecule has 0 heterocycles. The van der Waals surface area contributed by atoms with Gasteiger partial charge in [-0.25, -0.2) is 8.42 Å². The molecule has 6 nitrogen and oxygen atoms in total. The molecule has 0 aliphatic carbocycles. The Balaban J connectivity index is 0.00000484. The van der Waals surface area contributed by atoms with Gasteiger partial charge in [-0.05, 0) is 44.3 Å². The Kier molecular flexibility index (Phi) is 9.87. The minimum Gasteiger partial charge on any atom is -0.497 e. The topological polar surface area (TPSA) is 84.5 Å². The molecule has 1 aromatic carbocycles. The van der Waals surface area contributed by atoms with Crippen LogP contribution in [0.1, 0.15) is 13.3 Å². The molecule has 0 saturated heterocycles. The lowest BCUT2D eigenvalue weighted by atomic mass is 10.2. The van der Waals surface area contributed by atoms with Crippen molar-refractivity contribution in [3.8, 4) is 5.75 Å². The Labute approximate surface area is 144 Å². The monoisotopic (exact) mass is 364 g/mol. The van der Waals surface area contributed by atoms with Crippen LogP contribution in [-0.2, 0) is 14.6 Å². The third kappa shape index (κ3) is 7.20. The summed E-state index contributed by atoms with van der Waals surface area (Å²) in [6.07, 6.45) is 0.806. The first-order chi connectivity index (χ1) is 10.4. The lowest BCUT2D eigenvalue weighted by Crippen LogP contribution is -2.34. The fourth-order valence-corrected chi connectivity index (χ4v) is 3.49. The smallest absolute Gasteiger partial charge is 0.223 e. The first kappa shape index (κ1) is 21.7. The van der Waals surface area contributed by atoms with Crippen molar-refractivity contribution in [1.29, 1.82) is 0 Å². The highest BCUT2D eigenvalue weighted by Gasteiger charge is 2.23. The molecule has 1 aromatic rings. The molecule has 0 aliphatic heterocycles. The summed E-state index contributed by atoms with van der Waals surface area (Å²) in [7, 11) is -0.137. The van der Waals surface area contributed by atoms with E-state index in [9.17, 15) is 13.2 Å². The molecule has 0 saturated carbocycles. The number of hydrogen-bond acceptors (Lipinski definition) is 5. The summed E-state index contributed by atoms with van der Waals surface area (Å²) in [6, 6.07) is 6.17. The molecular formula is C15H25ClN2O4S. The van der Waals surface area contributed by atoms with Gasteiger partial charge in [0, 0.05) is 12.5 Å². The van der Waals surface area contributed by atoms with Gasteiger partial charge in [-0.1, -0.05) is 6.92 Å². The predicted molar refractivity (Wildman–Crippen MR) is 93.0 cm³/mol.